The third kappa shape index (κ3) is 3.06. The fourth-order valence-electron chi connectivity index (χ4n) is 1.55. The highest BCUT2D eigenvalue weighted by Gasteiger charge is 2.02. The van der Waals surface area contributed by atoms with Crippen molar-refractivity contribution in [2.45, 2.75) is 19.6 Å². The van der Waals surface area contributed by atoms with Gasteiger partial charge in [-0.2, -0.15) is 0 Å². The summed E-state index contributed by atoms with van der Waals surface area (Å²) in [6.45, 7) is 1.90. The molecule has 2 aromatic rings. The average molecular weight is 244 g/mol. The van der Waals surface area contributed by atoms with Crippen molar-refractivity contribution in [1.29, 1.82) is 0 Å². The summed E-state index contributed by atoms with van der Waals surface area (Å²) in [6.07, 6.45) is 1.70. The Balaban J connectivity index is 2.13. The molecule has 0 aliphatic carbocycles. The molecule has 0 amide bonds. The molecule has 1 aromatic carbocycles. The van der Waals surface area contributed by atoms with Crippen LogP contribution in [0.2, 0.25) is 0 Å². The Morgan fingerprint density at radius 3 is 2.78 bits per heavy atom. The lowest BCUT2D eigenvalue weighted by molar-refractivity contribution is 0.281. The summed E-state index contributed by atoms with van der Waals surface area (Å²) < 4.78 is 5.59. The van der Waals surface area contributed by atoms with Crippen LogP contribution >= 0.6 is 0 Å². The summed E-state index contributed by atoms with van der Waals surface area (Å²) in [7, 11) is 0. The quantitative estimate of drug-likeness (QED) is 0.866. The third-order valence-electron chi connectivity index (χ3n) is 2.59. The Bertz CT molecular complexity index is 509. The minimum absolute atomic E-state index is 0.00570. The van der Waals surface area contributed by atoms with E-state index in [1.807, 2.05) is 31.2 Å². The van der Waals surface area contributed by atoms with Gasteiger partial charge in [-0.15, -0.1) is 0 Å². The summed E-state index contributed by atoms with van der Waals surface area (Å²) in [5.41, 5.74) is 7.52. The Labute approximate surface area is 106 Å². The highest BCUT2D eigenvalue weighted by molar-refractivity contribution is 5.31. The Hall–Kier alpha value is -1.91. The summed E-state index contributed by atoms with van der Waals surface area (Å²) >= 11 is 0. The molecular formula is C14H16N2O2. The lowest BCUT2D eigenvalue weighted by Crippen LogP contribution is -2.05. The van der Waals surface area contributed by atoms with Gasteiger partial charge >= 0.3 is 0 Å². The highest BCUT2D eigenvalue weighted by atomic mass is 16.5. The topological polar surface area (TPSA) is 68.4 Å². The van der Waals surface area contributed by atoms with Crippen LogP contribution in [0.4, 0.5) is 0 Å². The van der Waals surface area contributed by atoms with Crippen molar-refractivity contribution >= 4 is 0 Å². The number of benzene rings is 1. The number of ether oxygens (including phenoxy) is 1. The van der Waals surface area contributed by atoms with Gasteiger partial charge in [0.1, 0.15) is 5.75 Å². The SMILES string of the molecule is CC(N)c1ccc(Oc2cccc(CO)c2)nc1. The van der Waals surface area contributed by atoms with Gasteiger partial charge in [0.15, 0.2) is 0 Å². The second-order valence-electron chi connectivity index (χ2n) is 4.13. The first kappa shape index (κ1) is 12.5. The molecule has 0 saturated carbocycles. The molecule has 0 bridgehead atoms. The van der Waals surface area contributed by atoms with Gasteiger partial charge in [-0.05, 0) is 30.2 Å². The molecule has 4 heteroatoms. The van der Waals surface area contributed by atoms with Crippen molar-refractivity contribution in [2.24, 2.45) is 5.73 Å². The number of aliphatic hydroxyl groups is 1. The molecule has 1 unspecified atom stereocenters. The van der Waals surface area contributed by atoms with Gasteiger partial charge in [0.2, 0.25) is 5.88 Å². The molecule has 1 aromatic heterocycles. The molecule has 4 nitrogen and oxygen atoms in total. The number of hydrogen-bond donors (Lipinski definition) is 2. The van der Waals surface area contributed by atoms with Crippen LogP contribution in [-0.4, -0.2) is 10.1 Å². The van der Waals surface area contributed by atoms with Crippen LogP contribution in [0.3, 0.4) is 0 Å². The second-order valence-corrected chi connectivity index (χ2v) is 4.13. The van der Waals surface area contributed by atoms with E-state index in [1.165, 1.54) is 0 Å². The first-order valence-electron chi connectivity index (χ1n) is 5.78. The second kappa shape index (κ2) is 5.62. The van der Waals surface area contributed by atoms with Crippen molar-refractivity contribution in [2.75, 3.05) is 0 Å². The van der Waals surface area contributed by atoms with Crippen LogP contribution in [0.1, 0.15) is 24.1 Å². The lowest BCUT2D eigenvalue weighted by atomic mass is 10.2. The Kier molecular flexibility index (Phi) is 3.92. The van der Waals surface area contributed by atoms with Crippen LogP contribution in [-0.2, 0) is 6.61 Å². The van der Waals surface area contributed by atoms with E-state index in [0.717, 1.165) is 11.1 Å². The molecule has 1 atom stereocenters. The molecule has 2 rings (SSSR count). The smallest absolute Gasteiger partial charge is 0.219 e. The van der Waals surface area contributed by atoms with E-state index >= 15 is 0 Å². The first-order chi connectivity index (χ1) is 8.69. The standard InChI is InChI=1S/C14H16N2O2/c1-10(15)12-5-6-14(16-8-12)18-13-4-2-3-11(7-13)9-17/h2-8,10,17H,9,15H2,1H3. The van der Waals surface area contributed by atoms with Gasteiger partial charge < -0.3 is 15.6 Å². The maximum Gasteiger partial charge on any atom is 0.219 e. The highest BCUT2D eigenvalue weighted by Crippen LogP contribution is 2.21. The fraction of sp³-hybridized carbons (Fsp3) is 0.214. The number of aromatic nitrogens is 1. The van der Waals surface area contributed by atoms with Crippen molar-refractivity contribution in [3.8, 4) is 11.6 Å². The Morgan fingerprint density at radius 2 is 2.17 bits per heavy atom. The molecule has 0 radical (unpaired) electrons. The zero-order valence-electron chi connectivity index (χ0n) is 10.2. The van der Waals surface area contributed by atoms with E-state index in [0.29, 0.717) is 11.6 Å². The third-order valence-corrected chi connectivity index (χ3v) is 2.59. The molecule has 94 valence electrons. The van der Waals surface area contributed by atoms with Gasteiger partial charge in [0.25, 0.3) is 0 Å². The van der Waals surface area contributed by atoms with E-state index in [2.05, 4.69) is 4.98 Å². The number of hydrogen-bond acceptors (Lipinski definition) is 4. The van der Waals surface area contributed by atoms with Crippen LogP contribution in [0.5, 0.6) is 11.6 Å². The zero-order valence-corrected chi connectivity index (χ0v) is 10.2. The predicted molar refractivity (Wildman–Crippen MR) is 69.3 cm³/mol. The van der Waals surface area contributed by atoms with Crippen molar-refractivity contribution in [1.82, 2.24) is 4.98 Å². The minimum atomic E-state index is -0.0377. The normalized spacial score (nSPS) is 12.2. The Morgan fingerprint density at radius 1 is 1.33 bits per heavy atom. The first-order valence-corrected chi connectivity index (χ1v) is 5.78. The molecule has 0 saturated heterocycles. The largest absolute Gasteiger partial charge is 0.439 e. The van der Waals surface area contributed by atoms with E-state index in [1.54, 1.807) is 18.3 Å². The fourth-order valence-corrected chi connectivity index (χ4v) is 1.55. The van der Waals surface area contributed by atoms with Gasteiger partial charge in [-0.1, -0.05) is 18.2 Å². The number of pyridine rings is 1. The summed E-state index contributed by atoms with van der Waals surface area (Å²) in [5, 5.41) is 9.04. The molecule has 0 aliphatic rings. The molecule has 3 N–H and O–H groups in total. The van der Waals surface area contributed by atoms with E-state index in [4.69, 9.17) is 15.6 Å². The number of nitrogens with two attached hydrogens (primary N) is 1. The summed E-state index contributed by atoms with van der Waals surface area (Å²) in [4.78, 5) is 4.19. The molecule has 18 heavy (non-hydrogen) atoms. The maximum atomic E-state index is 9.04. The average Bonchev–Trinajstić information content (AvgIpc) is 2.39. The molecular weight excluding hydrogens is 228 g/mol. The number of nitrogens with zero attached hydrogens (tertiary/aromatic N) is 1. The summed E-state index contributed by atoms with van der Waals surface area (Å²) in [5.74, 6) is 1.16. The van der Waals surface area contributed by atoms with Crippen molar-refractivity contribution in [3.63, 3.8) is 0 Å². The van der Waals surface area contributed by atoms with Gasteiger partial charge in [-0.25, -0.2) is 4.98 Å². The van der Waals surface area contributed by atoms with E-state index < -0.39 is 0 Å². The number of rotatable bonds is 4. The van der Waals surface area contributed by atoms with Gasteiger partial charge in [-0.3, -0.25) is 0 Å². The molecule has 0 aliphatic heterocycles. The maximum absolute atomic E-state index is 9.04. The summed E-state index contributed by atoms with van der Waals surface area (Å²) in [6, 6.07) is 10.9. The van der Waals surface area contributed by atoms with Crippen LogP contribution in [0.15, 0.2) is 42.6 Å². The minimum Gasteiger partial charge on any atom is -0.439 e. The van der Waals surface area contributed by atoms with E-state index in [-0.39, 0.29) is 12.6 Å². The molecule has 0 spiro atoms. The molecule has 1 heterocycles. The lowest BCUT2D eigenvalue weighted by Gasteiger charge is -2.08. The van der Waals surface area contributed by atoms with Crippen LogP contribution < -0.4 is 10.5 Å². The van der Waals surface area contributed by atoms with Crippen molar-refractivity contribution in [3.05, 3.63) is 53.7 Å². The van der Waals surface area contributed by atoms with Crippen LogP contribution in [0.25, 0.3) is 0 Å². The number of aliphatic hydroxyl groups excluding tert-OH is 1. The molecule has 0 fully saturated rings. The van der Waals surface area contributed by atoms with Crippen molar-refractivity contribution < 1.29 is 9.84 Å². The van der Waals surface area contributed by atoms with Gasteiger partial charge in [0.05, 0.1) is 6.61 Å². The van der Waals surface area contributed by atoms with Crippen LogP contribution in [0, 0.1) is 0 Å². The van der Waals surface area contributed by atoms with E-state index in [9.17, 15) is 0 Å². The zero-order chi connectivity index (χ0) is 13.0. The predicted octanol–water partition coefficient (Wildman–Crippen LogP) is 2.39. The van der Waals surface area contributed by atoms with Gasteiger partial charge in [0, 0.05) is 18.3 Å². The monoisotopic (exact) mass is 244 g/mol.